The maximum absolute atomic E-state index is 12.3. The lowest BCUT2D eigenvalue weighted by atomic mass is 9.86. The molecule has 2 heterocycles. The van der Waals surface area contributed by atoms with Gasteiger partial charge in [-0.25, -0.2) is 4.79 Å². The molecule has 28 heavy (non-hydrogen) atoms. The number of nitrogens with two attached hydrogens (primary N) is 1. The summed E-state index contributed by atoms with van der Waals surface area (Å²) in [5, 5.41) is 0. The number of carbonyl (C=O) groups excluding carboxylic acids is 3. The standard InChI is InChI=1S/C21H21N3O4/c1-3-21(13-23(14-21)15(2)26)24-10-9-17(11-25)19(18(24)20(22)27)28-12-16-7-5-4-6-8-16/h3-10H,1,12-14H2,2H3,(H2,22,27). The van der Waals surface area contributed by atoms with E-state index >= 15 is 0 Å². The topological polar surface area (TPSA) is 92.9 Å². The minimum absolute atomic E-state index is 0.0416. The molecular formula is C21H21N3O4. The zero-order valence-electron chi connectivity index (χ0n) is 15.6. The second-order valence-electron chi connectivity index (χ2n) is 6.70. The van der Waals surface area contributed by atoms with E-state index in [0.29, 0.717) is 13.1 Å². The summed E-state index contributed by atoms with van der Waals surface area (Å²) in [6.07, 6.45) is 4.76. The Balaban J connectivity index is 1.98. The molecule has 0 aliphatic carbocycles. The Morgan fingerprint density at radius 1 is 1.32 bits per heavy atom. The fraction of sp³-hybridized carbons (Fsp3) is 0.238. The van der Waals surface area contributed by atoms with E-state index in [9.17, 15) is 14.4 Å². The first-order valence-electron chi connectivity index (χ1n) is 8.75. The van der Waals surface area contributed by atoms with Crippen molar-refractivity contribution in [3.63, 3.8) is 0 Å². The fourth-order valence-corrected chi connectivity index (χ4v) is 3.31. The summed E-state index contributed by atoms with van der Waals surface area (Å²) >= 11 is 0. The minimum Gasteiger partial charge on any atom is -0.485 e. The van der Waals surface area contributed by atoms with Gasteiger partial charge in [-0.3, -0.25) is 9.59 Å². The highest BCUT2D eigenvalue weighted by atomic mass is 16.5. The summed E-state index contributed by atoms with van der Waals surface area (Å²) in [7, 11) is 0. The summed E-state index contributed by atoms with van der Waals surface area (Å²) < 4.78 is 5.83. The predicted molar refractivity (Wildman–Crippen MR) is 103 cm³/mol. The van der Waals surface area contributed by atoms with E-state index in [4.69, 9.17) is 10.5 Å². The molecule has 2 aliphatic heterocycles. The van der Waals surface area contributed by atoms with Crippen molar-refractivity contribution in [1.82, 2.24) is 9.80 Å². The third kappa shape index (κ3) is 3.35. The summed E-state index contributed by atoms with van der Waals surface area (Å²) in [6.45, 7) is 6.19. The highest BCUT2D eigenvalue weighted by Gasteiger charge is 2.49. The van der Waals surface area contributed by atoms with E-state index in [-0.39, 0.29) is 29.5 Å². The van der Waals surface area contributed by atoms with Crippen LogP contribution >= 0.6 is 0 Å². The Morgan fingerprint density at radius 3 is 2.54 bits per heavy atom. The van der Waals surface area contributed by atoms with Crippen LogP contribution in [0.2, 0.25) is 0 Å². The van der Waals surface area contributed by atoms with Gasteiger partial charge in [-0.05, 0) is 11.6 Å². The molecule has 3 rings (SSSR count). The third-order valence-electron chi connectivity index (χ3n) is 4.89. The number of ether oxygens (including phenoxy) is 1. The van der Waals surface area contributed by atoms with Gasteiger partial charge in [0.2, 0.25) is 5.91 Å². The van der Waals surface area contributed by atoms with Crippen molar-refractivity contribution in [3.05, 3.63) is 77.9 Å². The SMILES string of the molecule is C=CC1(N2C=CC(=C=O)C(OCc3ccccc3)=C2C(N)=O)CN(C(C)=O)C1. The zero-order chi connectivity index (χ0) is 20.3. The van der Waals surface area contributed by atoms with E-state index in [1.807, 2.05) is 30.3 Å². The van der Waals surface area contributed by atoms with E-state index in [1.165, 1.54) is 13.0 Å². The molecule has 0 saturated carbocycles. The number of hydrogen-bond acceptors (Lipinski definition) is 5. The average Bonchev–Trinajstić information content (AvgIpc) is 2.66. The van der Waals surface area contributed by atoms with Crippen molar-refractivity contribution in [2.75, 3.05) is 13.1 Å². The van der Waals surface area contributed by atoms with Gasteiger partial charge in [-0.2, -0.15) is 0 Å². The van der Waals surface area contributed by atoms with Crippen LogP contribution in [0.15, 0.2) is 72.3 Å². The summed E-state index contributed by atoms with van der Waals surface area (Å²) in [6, 6.07) is 9.34. The lowest BCUT2D eigenvalue weighted by Gasteiger charge is -2.54. The van der Waals surface area contributed by atoms with E-state index < -0.39 is 11.4 Å². The Morgan fingerprint density at radius 2 is 2.00 bits per heavy atom. The normalized spacial score (nSPS) is 17.7. The number of nitrogens with zero attached hydrogens (tertiary/aromatic N) is 2. The molecule has 0 bridgehead atoms. The predicted octanol–water partition coefficient (Wildman–Crippen LogP) is 1.27. The molecule has 1 aromatic rings. The molecular weight excluding hydrogens is 358 g/mol. The molecule has 2 amide bonds. The Bertz CT molecular complexity index is 920. The van der Waals surface area contributed by atoms with Gasteiger partial charge in [0, 0.05) is 26.2 Å². The van der Waals surface area contributed by atoms with E-state index in [1.54, 1.807) is 28.0 Å². The molecule has 1 saturated heterocycles. The maximum Gasteiger partial charge on any atom is 0.269 e. The van der Waals surface area contributed by atoms with Gasteiger partial charge in [0.25, 0.3) is 5.91 Å². The van der Waals surface area contributed by atoms with Crippen LogP contribution < -0.4 is 5.73 Å². The maximum atomic E-state index is 12.3. The second kappa shape index (κ2) is 7.58. The molecule has 0 atom stereocenters. The zero-order valence-corrected chi connectivity index (χ0v) is 15.6. The van der Waals surface area contributed by atoms with Gasteiger partial charge in [0.05, 0.1) is 5.54 Å². The molecule has 1 fully saturated rings. The number of benzene rings is 1. The number of amides is 2. The summed E-state index contributed by atoms with van der Waals surface area (Å²) in [4.78, 5) is 38.6. The van der Waals surface area contributed by atoms with E-state index in [0.717, 1.165) is 5.56 Å². The van der Waals surface area contributed by atoms with Crippen molar-refractivity contribution in [3.8, 4) is 0 Å². The average molecular weight is 379 g/mol. The van der Waals surface area contributed by atoms with Crippen LogP contribution in [-0.4, -0.2) is 46.2 Å². The second-order valence-corrected chi connectivity index (χ2v) is 6.70. The molecule has 7 heteroatoms. The molecule has 0 aromatic heterocycles. The van der Waals surface area contributed by atoms with Crippen LogP contribution in [0.1, 0.15) is 12.5 Å². The molecule has 0 unspecified atom stereocenters. The van der Waals surface area contributed by atoms with Crippen molar-refractivity contribution in [2.45, 2.75) is 19.1 Å². The number of hydrogen-bond donors (Lipinski definition) is 1. The number of primary amides is 1. The van der Waals surface area contributed by atoms with Gasteiger partial charge in [0.1, 0.15) is 18.1 Å². The molecule has 144 valence electrons. The smallest absolute Gasteiger partial charge is 0.269 e. The van der Waals surface area contributed by atoms with Crippen LogP contribution in [0.25, 0.3) is 0 Å². The van der Waals surface area contributed by atoms with Gasteiger partial charge < -0.3 is 20.3 Å². The first-order chi connectivity index (χ1) is 13.4. The van der Waals surface area contributed by atoms with E-state index in [2.05, 4.69) is 6.58 Å². The van der Waals surface area contributed by atoms with Crippen LogP contribution in [0.3, 0.4) is 0 Å². The minimum atomic E-state index is -0.748. The van der Waals surface area contributed by atoms with Crippen LogP contribution in [0.4, 0.5) is 0 Å². The number of rotatable bonds is 6. The largest absolute Gasteiger partial charge is 0.485 e. The van der Waals surface area contributed by atoms with Crippen molar-refractivity contribution in [2.24, 2.45) is 5.73 Å². The highest BCUT2D eigenvalue weighted by Crippen LogP contribution is 2.37. The lowest BCUT2D eigenvalue weighted by molar-refractivity contribution is -0.138. The number of allylic oxidation sites excluding steroid dienone is 1. The van der Waals surface area contributed by atoms with Gasteiger partial charge in [-0.1, -0.05) is 36.4 Å². The summed E-state index contributed by atoms with van der Waals surface area (Å²) in [5.41, 5.74) is 5.95. The Kier molecular flexibility index (Phi) is 5.20. The first kappa shape index (κ1) is 19.2. The quantitative estimate of drug-likeness (QED) is 0.594. The molecule has 1 aromatic carbocycles. The van der Waals surface area contributed by atoms with Crippen molar-refractivity contribution in [1.29, 1.82) is 0 Å². The molecule has 2 N–H and O–H groups in total. The Hall–Kier alpha value is -3.57. The van der Waals surface area contributed by atoms with Crippen LogP contribution in [0, 0.1) is 0 Å². The first-order valence-corrected chi connectivity index (χ1v) is 8.75. The lowest BCUT2D eigenvalue weighted by Crippen LogP contribution is -2.69. The van der Waals surface area contributed by atoms with Crippen molar-refractivity contribution < 1.29 is 19.1 Å². The van der Waals surface area contributed by atoms with Crippen molar-refractivity contribution >= 4 is 17.8 Å². The monoisotopic (exact) mass is 379 g/mol. The molecule has 0 spiro atoms. The molecule has 7 nitrogen and oxygen atoms in total. The fourth-order valence-electron chi connectivity index (χ4n) is 3.31. The third-order valence-corrected chi connectivity index (χ3v) is 4.89. The molecule has 0 radical (unpaired) electrons. The summed E-state index contributed by atoms with van der Waals surface area (Å²) in [5.74, 6) is 1.05. The highest BCUT2D eigenvalue weighted by molar-refractivity contribution is 5.94. The number of carbonyl (C=O) groups is 2. The molecule has 2 aliphatic rings. The Labute approximate surface area is 163 Å². The van der Waals surface area contributed by atoms with Crippen LogP contribution in [0.5, 0.6) is 0 Å². The number of likely N-dealkylation sites (tertiary alicyclic amines) is 1. The van der Waals surface area contributed by atoms with Gasteiger partial charge in [0.15, 0.2) is 11.5 Å². The van der Waals surface area contributed by atoms with Gasteiger partial charge in [-0.15, -0.1) is 6.58 Å². The van der Waals surface area contributed by atoms with Gasteiger partial charge >= 0.3 is 0 Å². The van der Waals surface area contributed by atoms with Crippen LogP contribution in [-0.2, 0) is 25.7 Å².